The summed E-state index contributed by atoms with van der Waals surface area (Å²) in [5.41, 5.74) is -2.89. The van der Waals surface area contributed by atoms with Crippen LogP contribution in [0.15, 0.2) is 35.9 Å². The molecular formula is C29H27F9O3. The third kappa shape index (κ3) is 7.01. The van der Waals surface area contributed by atoms with Gasteiger partial charge in [0.1, 0.15) is 45.9 Å². The first-order valence-corrected chi connectivity index (χ1v) is 13.2. The molecule has 1 atom stereocenters. The first-order chi connectivity index (χ1) is 19.2. The van der Waals surface area contributed by atoms with Gasteiger partial charge in [-0.2, -0.15) is 22.0 Å². The number of rotatable bonds is 7. The van der Waals surface area contributed by atoms with E-state index in [4.69, 9.17) is 4.74 Å². The zero-order chi connectivity index (χ0) is 30.1. The maximum atomic E-state index is 14.6. The van der Waals surface area contributed by atoms with Gasteiger partial charge in [0.25, 0.3) is 0 Å². The Hall–Kier alpha value is -3.18. The molecule has 0 radical (unpaired) electrons. The second-order valence-electron chi connectivity index (χ2n) is 10.4. The fourth-order valence-electron chi connectivity index (χ4n) is 5.65. The zero-order valence-electron chi connectivity index (χ0n) is 21.9. The molecule has 0 aromatic heterocycles. The van der Waals surface area contributed by atoms with Gasteiger partial charge in [0.2, 0.25) is 0 Å². The fraction of sp³-hybridized carbons (Fsp3) is 0.483. The van der Waals surface area contributed by atoms with Crippen LogP contribution in [0.4, 0.5) is 39.5 Å². The van der Waals surface area contributed by atoms with E-state index in [1.807, 2.05) is 0 Å². The highest BCUT2D eigenvalue weighted by atomic mass is 19.4. The first-order valence-electron chi connectivity index (χ1n) is 13.2. The number of allylic oxidation sites excluding steroid dienone is 2. The first kappa shape index (κ1) is 30.8. The van der Waals surface area contributed by atoms with Gasteiger partial charge in [-0.3, -0.25) is 4.79 Å². The molecule has 0 heterocycles. The van der Waals surface area contributed by atoms with Crippen LogP contribution in [0.2, 0.25) is 0 Å². The van der Waals surface area contributed by atoms with Gasteiger partial charge in [0, 0.05) is 24.3 Å². The zero-order valence-corrected chi connectivity index (χ0v) is 21.9. The largest absolute Gasteiger partial charge is 0.432 e. The van der Waals surface area contributed by atoms with E-state index in [2.05, 4.69) is 17.7 Å². The predicted octanol–water partition coefficient (Wildman–Crippen LogP) is 9.24. The van der Waals surface area contributed by atoms with E-state index in [0.29, 0.717) is 36.8 Å². The molecule has 0 amide bonds. The van der Waals surface area contributed by atoms with Crippen LogP contribution in [0.1, 0.15) is 69.4 Å². The molecule has 0 N–H and O–H groups in total. The summed E-state index contributed by atoms with van der Waals surface area (Å²) < 4.78 is 133. The molecule has 2 aromatic carbocycles. The average Bonchev–Trinajstić information content (AvgIpc) is 2.86. The van der Waals surface area contributed by atoms with Crippen molar-refractivity contribution in [2.24, 2.45) is 17.8 Å². The summed E-state index contributed by atoms with van der Waals surface area (Å²) in [4.78, 5) is 12.6. The van der Waals surface area contributed by atoms with Gasteiger partial charge in [-0.05, 0) is 63.2 Å². The van der Waals surface area contributed by atoms with Crippen LogP contribution >= 0.6 is 0 Å². The molecule has 1 fully saturated rings. The van der Waals surface area contributed by atoms with Gasteiger partial charge in [0.15, 0.2) is 0 Å². The lowest BCUT2D eigenvalue weighted by atomic mass is 9.71. The minimum Gasteiger partial charge on any atom is -0.429 e. The highest BCUT2D eigenvalue weighted by molar-refractivity contribution is 5.75. The second-order valence-corrected chi connectivity index (χ2v) is 10.4. The standard InChI is InChI=1S/C29H27F9O3/c1-2-15-3-5-16(6-4-15)17-7-9-18(10-8-17)27(39)40-19-11-23(32)26(24(33)12-19)29(37,38)41-20-13-21(30)25(22(31)14-20)28(34,35)36/h3,11-14,16-18H,2,4-10H2,1H3. The second kappa shape index (κ2) is 12.0. The highest BCUT2D eigenvalue weighted by Gasteiger charge is 2.43. The van der Waals surface area contributed by atoms with E-state index in [1.165, 1.54) is 5.57 Å². The summed E-state index contributed by atoms with van der Waals surface area (Å²) in [6.07, 6.45) is -1.27. The summed E-state index contributed by atoms with van der Waals surface area (Å²) in [7, 11) is 0. The third-order valence-electron chi connectivity index (χ3n) is 7.84. The number of halogens is 9. The van der Waals surface area contributed by atoms with Crippen molar-refractivity contribution in [1.82, 2.24) is 0 Å². The van der Waals surface area contributed by atoms with Crippen LogP contribution in [-0.2, 0) is 17.1 Å². The molecule has 41 heavy (non-hydrogen) atoms. The maximum Gasteiger partial charge on any atom is 0.432 e. The summed E-state index contributed by atoms with van der Waals surface area (Å²) in [5, 5.41) is 0. The third-order valence-corrected chi connectivity index (χ3v) is 7.84. The smallest absolute Gasteiger partial charge is 0.429 e. The molecule has 0 aliphatic heterocycles. The average molecular weight is 595 g/mol. The van der Waals surface area contributed by atoms with E-state index >= 15 is 0 Å². The van der Waals surface area contributed by atoms with Gasteiger partial charge >= 0.3 is 18.3 Å². The van der Waals surface area contributed by atoms with Crippen molar-refractivity contribution in [3.63, 3.8) is 0 Å². The van der Waals surface area contributed by atoms with Crippen molar-refractivity contribution in [1.29, 1.82) is 0 Å². The minimum atomic E-state index is -5.47. The Balaban J connectivity index is 1.40. The summed E-state index contributed by atoms with van der Waals surface area (Å²) in [5.74, 6) is -10.8. The van der Waals surface area contributed by atoms with Crippen LogP contribution in [0.5, 0.6) is 11.5 Å². The van der Waals surface area contributed by atoms with E-state index in [9.17, 15) is 44.3 Å². The summed E-state index contributed by atoms with van der Waals surface area (Å²) in [6.45, 7) is 2.13. The number of ether oxygens (including phenoxy) is 2. The number of hydrogen-bond acceptors (Lipinski definition) is 3. The van der Waals surface area contributed by atoms with Crippen molar-refractivity contribution in [3.05, 3.63) is 70.3 Å². The Bertz CT molecular complexity index is 1270. The molecular weight excluding hydrogens is 567 g/mol. The van der Waals surface area contributed by atoms with E-state index in [0.717, 1.165) is 38.5 Å². The van der Waals surface area contributed by atoms with E-state index in [-0.39, 0.29) is 12.1 Å². The Kier molecular flexibility index (Phi) is 8.98. The van der Waals surface area contributed by atoms with Gasteiger partial charge in [-0.1, -0.05) is 18.6 Å². The molecule has 2 aliphatic rings. The van der Waals surface area contributed by atoms with Crippen LogP contribution in [0, 0.1) is 41.0 Å². The molecule has 2 aromatic rings. The SMILES string of the molecule is CCC1=CCC(C2CCC(C(=O)Oc3cc(F)c(C(F)(F)Oc4cc(F)c(C(F)(F)F)c(F)c4)c(F)c3)CC2)CC1. The molecule has 1 saturated carbocycles. The summed E-state index contributed by atoms with van der Waals surface area (Å²) >= 11 is 0. The highest BCUT2D eigenvalue weighted by Crippen LogP contribution is 2.42. The van der Waals surface area contributed by atoms with Crippen molar-refractivity contribution < 1.29 is 53.8 Å². The molecule has 0 spiro atoms. The van der Waals surface area contributed by atoms with Crippen molar-refractivity contribution in [2.75, 3.05) is 0 Å². The molecule has 4 rings (SSSR count). The number of esters is 1. The Morgan fingerprint density at radius 3 is 1.80 bits per heavy atom. The van der Waals surface area contributed by atoms with Crippen molar-refractivity contribution in [2.45, 2.75) is 70.6 Å². The quantitative estimate of drug-likeness (QED) is 0.139. The van der Waals surface area contributed by atoms with Crippen LogP contribution in [0.25, 0.3) is 0 Å². The van der Waals surface area contributed by atoms with Gasteiger partial charge in [0.05, 0.1) is 5.92 Å². The van der Waals surface area contributed by atoms with Crippen LogP contribution < -0.4 is 9.47 Å². The molecule has 1 unspecified atom stereocenters. The lowest BCUT2D eigenvalue weighted by Crippen LogP contribution is -2.29. The van der Waals surface area contributed by atoms with Gasteiger partial charge in [-0.15, -0.1) is 0 Å². The lowest BCUT2D eigenvalue weighted by molar-refractivity contribution is -0.189. The topological polar surface area (TPSA) is 35.5 Å². The van der Waals surface area contributed by atoms with Crippen molar-refractivity contribution >= 4 is 5.97 Å². The number of carbonyl (C=O) groups excluding carboxylic acids is 1. The van der Waals surface area contributed by atoms with Crippen LogP contribution in [-0.4, -0.2) is 5.97 Å². The van der Waals surface area contributed by atoms with E-state index < -0.39 is 70.1 Å². The summed E-state index contributed by atoms with van der Waals surface area (Å²) in [6, 6.07) is 0.279. The normalized spacial score (nSPS) is 21.8. The van der Waals surface area contributed by atoms with Crippen molar-refractivity contribution in [3.8, 4) is 11.5 Å². The monoisotopic (exact) mass is 594 g/mol. The number of alkyl halides is 5. The molecule has 224 valence electrons. The van der Waals surface area contributed by atoms with Gasteiger partial charge in [-0.25, -0.2) is 17.6 Å². The number of carbonyl (C=O) groups is 1. The molecule has 0 bridgehead atoms. The lowest BCUT2D eigenvalue weighted by Gasteiger charge is -2.34. The molecule has 3 nitrogen and oxygen atoms in total. The molecule has 0 saturated heterocycles. The number of benzene rings is 2. The maximum absolute atomic E-state index is 14.6. The molecule has 2 aliphatic carbocycles. The fourth-order valence-corrected chi connectivity index (χ4v) is 5.65. The van der Waals surface area contributed by atoms with Crippen LogP contribution in [0.3, 0.4) is 0 Å². The van der Waals surface area contributed by atoms with E-state index in [1.54, 1.807) is 0 Å². The predicted molar refractivity (Wildman–Crippen MR) is 129 cm³/mol. The van der Waals surface area contributed by atoms with Gasteiger partial charge < -0.3 is 9.47 Å². The number of hydrogen-bond donors (Lipinski definition) is 0. The minimum absolute atomic E-state index is 0.187. The Morgan fingerprint density at radius 1 is 0.780 bits per heavy atom. The Labute approximate surface area is 230 Å². The Morgan fingerprint density at radius 2 is 1.32 bits per heavy atom. The molecule has 12 heteroatoms.